The summed E-state index contributed by atoms with van der Waals surface area (Å²) in [6, 6.07) is 19.9. The summed E-state index contributed by atoms with van der Waals surface area (Å²) >= 11 is 5.10. The van der Waals surface area contributed by atoms with Crippen LogP contribution in [0.25, 0.3) is 10.8 Å². The first-order chi connectivity index (χ1) is 10.1. The summed E-state index contributed by atoms with van der Waals surface area (Å²) in [5, 5.41) is 2.20. The molecule has 2 N–H and O–H groups in total. The third-order valence-corrected chi connectivity index (χ3v) is 3.59. The second-order valence-corrected chi connectivity index (χ2v) is 5.38. The minimum absolute atomic E-state index is 0.338. The molecule has 3 aromatic rings. The molecule has 0 saturated carbocycles. The van der Waals surface area contributed by atoms with E-state index in [2.05, 4.69) is 12.1 Å². The van der Waals surface area contributed by atoms with Crippen LogP contribution in [0.15, 0.2) is 60.7 Å². The SMILES string of the molecule is Cc1ccc(C(N)=S)c(Oc2cccc3ccccc23)c1. The van der Waals surface area contributed by atoms with Gasteiger partial charge in [-0.25, -0.2) is 0 Å². The van der Waals surface area contributed by atoms with E-state index in [0.29, 0.717) is 10.7 Å². The first-order valence-electron chi connectivity index (χ1n) is 6.71. The first-order valence-corrected chi connectivity index (χ1v) is 7.12. The van der Waals surface area contributed by atoms with Crippen molar-refractivity contribution in [1.29, 1.82) is 0 Å². The zero-order valence-electron chi connectivity index (χ0n) is 11.7. The molecule has 3 heteroatoms. The molecular formula is C18H15NOS. The van der Waals surface area contributed by atoms with Gasteiger partial charge in [0.25, 0.3) is 0 Å². The topological polar surface area (TPSA) is 35.2 Å². The van der Waals surface area contributed by atoms with Crippen LogP contribution in [0.3, 0.4) is 0 Å². The molecule has 104 valence electrons. The standard InChI is InChI=1S/C18H15NOS/c1-12-9-10-15(18(19)21)17(11-12)20-16-8-4-6-13-5-2-3-7-14(13)16/h2-11H,1H3,(H2,19,21). The Kier molecular flexibility index (Phi) is 3.59. The maximum atomic E-state index is 6.10. The average molecular weight is 293 g/mol. The molecule has 2 nitrogen and oxygen atoms in total. The molecule has 0 aliphatic heterocycles. The van der Waals surface area contributed by atoms with Crippen LogP contribution in [-0.4, -0.2) is 4.99 Å². The van der Waals surface area contributed by atoms with E-state index in [1.54, 1.807) is 0 Å². The molecule has 0 aromatic heterocycles. The zero-order valence-corrected chi connectivity index (χ0v) is 12.5. The van der Waals surface area contributed by atoms with Gasteiger partial charge in [0.2, 0.25) is 0 Å². The van der Waals surface area contributed by atoms with E-state index in [9.17, 15) is 0 Å². The van der Waals surface area contributed by atoms with Crippen LogP contribution >= 0.6 is 12.2 Å². The Bertz CT molecular complexity index is 821. The number of hydrogen-bond acceptors (Lipinski definition) is 2. The molecule has 0 heterocycles. The van der Waals surface area contributed by atoms with Gasteiger partial charge in [0.05, 0.1) is 5.56 Å². The highest BCUT2D eigenvalue weighted by molar-refractivity contribution is 7.80. The Balaban J connectivity index is 2.11. The smallest absolute Gasteiger partial charge is 0.137 e. The van der Waals surface area contributed by atoms with E-state index in [1.165, 1.54) is 0 Å². The van der Waals surface area contributed by atoms with Crippen molar-refractivity contribution in [1.82, 2.24) is 0 Å². The van der Waals surface area contributed by atoms with Gasteiger partial charge in [0.1, 0.15) is 16.5 Å². The van der Waals surface area contributed by atoms with Gasteiger partial charge in [-0.2, -0.15) is 0 Å². The summed E-state index contributed by atoms with van der Waals surface area (Å²) in [7, 11) is 0. The van der Waals surface area contributed by atoms with Crippen LogP contribution in [0.1, 0.15) is 11.1 Å². The summed E-state index contributed by atoms with van der Waals surface area (Å²) in [5.41, 5.74) is 7.64. The van der Waals surface area contributed by atoms with E-state index in [-0.39, 0.29) is 0 Å². The largest absolute Gasteiger partial charge is 0.456 e. The van der Waals surface area contributed by atoms with Crippen molar-refractivity contribution in [2.75, 3.05) is 0 Å². The molecule has 21 heavy (non-hydrogen) atoms. The van der Waals surface area contributed by atoms with Crippen LogP contribution in [0.4, 0.5) is 0 Å². The lowest BCUT2D eigenvalue weighted by Crippen LogP contribution is -2.10. The maximum absolute atomic E-state index is 6.10. The molecule has 3 aromatic carbocycles. The molecule has 0 bridgehead atoms. The molecule has 0 atom stereocenters. The Hall–Kier alpha value is -2.39. The number of ether oxygens (including phenoxy) is 1. The molecule has 0 aliphatic rings. The van der Waals surface area contributed by atoms with Crippen LogP contribution in [0.2, 0.25) is 0 Å². The van der Waals surface area contributed by atoms with E-state index in [0.717, 1.165) is 27.6 Å². The third-order valence-electron chi connectivity index (χ3n) is 3.37. The Morgan fingerprint density at radius 1 is 0.952 bits per heavy atom. The lowest BCUT2D eigenvalue weighted by molar-refractivity contribution is 0.487. The van der Waals surface area contributed by atoms with Crippen molar-refractivity contribution in [2.24, 2.45) is 5.73 Å². The number of fused-ring (bicyclic) bond motifs is 1. The lowest BCUT2D eigenvalue weighted by Gasteiger charge is -2.13. The predicted octanol–water partition coefficient (Wildman–Crippen LogP) is 4.57. The van der Waals surface area contributed by atoms with E-state index < -0.39 is 0 Å². The van der Waals surface area contributed by atoms with Gasteiger partial charge in [0.15, 0.2) is 0 Å². The number of aryl methyl sites for hydroxylation is 1. The van der Waals surface area contributed by atoms with Gasteiger partial charge < -0.3 is 10.5 Å². The molecule has 0 fully saturated rings. The van der Waals surface area contributed by atoms with Crippen LogP contribution in [-0.2, 0) is 0 Å². The van der Waals surface area contributed by atoms with Crippen LogP contribution in [0.5, 0.6) is 11.5 Å². The molecule has 3 rings (SSSR count). The highest BCUT2D eigenvalue weighted by atomic mass is 32.1. The summed E-state index contributed by atoms with van der Waals surface area (Å²) in [4.78, 5) is 0.338. The van der Waals surface area contributed by atoms with Crippen molar-refractivity contribution in [3.63, 3.8) is 0 Å². The summed E-state index contributed by atoms with van der Waals surface area (Å²) in [5.74, 6) is 1.50. The summed E-state index contributed by atoms with van der Waals surface area (Å²) in [6.07, 6.45) is 0. The minimum atomic E-state index is 0.338. The third kappa shape index (κ3) is 2.73. The van der Waals surface area contributed by atoms with Crippen LogP contribution < -0.4 is 10.5 Å². The van der Waals surface area contributed by atoms with E-state index in [4.69, 9.17) is 22.7 Å². The number of benzene rings is 3. The maximum Gasteiger partial charge on any atom is 0.137 e. The van der Waals surface area contributed by atoms with Gasteiger partial charge in [0, 0.05) is 5.39 Å². The highest BCUT2D eigenvalue weighted by Gasteiger charge is 2.09. The Morgan fingerprint density at radius 3 is 2.52 bits per heavy atom. The fourth-order valence-electron chi connectivity index (χ4n) is 2.32. The zero-order chi connectivity index (χ0) is 14.8. The van der Waals surface area contributed by atoms with Gasteiger partial charge in [-0.3, -0.25) is 0 Å². The number of thiocarbonyl (C=S) groups is 1. The fraction of sp³-hybridized carbons (Fsp3) is 0.0556. The van der Waals surface area contributed by atoms with E-state index in [1.807, 2.05) is 55.5 Å². The summed E-state index contributed by atoms with van der Waals surface area (Å²) < 4.78 is 6.10. The monoisotopic (exact) mass is 293 g/mol. The van der Waals surface area contributed by atoms with E-state index >= 15 is 0 Å². The van der Waals surface area contributed by atoms with Crippen molar-refractivity contribution >= 4 is 28.0 Å². The molecule has 0 amide bonds. The second-order valence-electron chi connectivity index (χ2n) is 4.94. The van der Waals surface area contributed by atoms with Crippen molar-refractivity contribution in [2.45, 2.75) is 6.92 Å². The van der Waals surface area contributed by atoms with Gasteiger partial charge in [-0.05, 0) is 36.1 Å². The van der Waals surface area contributed by atoms with Gasteiger partial charge in [-0.1, -0.05) is 54.7 Å². The second kappa shape index (κ2) is 5.54. The highest BCUT2D eigenvalue weighted by Crippen LogP contribution is 2.32. The lowest BCUT2D eigenvalue weighted by atomic mass is 10.1. The molecule has 0 radical (unpaired) electrons. The first kappa shape index (κ1) is 13.6. The molecule has 0 unspecified atom stereocenters. The van der Waals surface area contributed by atoms with Crippen molar-refractivity contribution in [3.05, 3.63) is 71.8 Å². The van der Waals surface area contributed by atoms with Crippen molar-refractivity contribution in [3.8, 4) is 11.5 Å². The van der Waals surface area contributed by atoms with Crippen LogP contribution in [0, 0.1) is 6.92 Å². The average Bonchev–Trinajstić information content (AvgIpc) is 2.47. The number of hydrogen-bond donors (Lipinski definition) is 1. The minimum Gasteiger partial charge on any atom is -0.456 e. The number of rotatable bonds is 3. The normalized spacial score (nSPS) is 10.5. The molecular weight excluding hydrogens is 278 g/mol. The van der Waals surface area contributed by atoms with Gasteiger partial charge >= 0.3 is 0 Å². The summed E-state index contributed by atoms with van der Waals surface area (Å²) in [6.45, 7) is 2.01. The molecule has 0 aliphatic carbocycles. The molecule has 0 spiro atoms. The molecule has 0 saturated heterocycles. The van der Waals surface area contributed by atoms with Gasteiger partial charge in [-0.15, -0.1) is 0 Å². The quantitative estimate of drug-likeness (QED) is 0.718. The Morgan fingerprint density at radius 2 is 1.71 bits per heavy atom. The number of nitrogens with two attached hydrogens (primary N) is 1. The fourth-order valence-corrected chi connectivity index (χ4v) is 2.49. The predicted molar refractivity (Wildman–Crippen MR) is 91.1 cm³/mol. The van der Waals surface area contributed by atoms with Crippen molar-refractivity contribution < 1.29 is 4.74 Å². The Labute approximate surface area is 129 Å².